The van der Waals surface area contributed by atoms with Crippen molar-refractivity contribution in [2.75, 3.05) is 11.9 Å². The van der Waals surface area contributed by atoms with Gasteiger partial charge in [0.2, 0.25) is 0 Å². The van der Waals surface area contributed by atoms with Crippen molar-refractivity contribution in [2.45, 2.75) is 6.92 Å². The van der Waals surface area contributed by atoms with Gasteiger partial charge in [0.1, 0.15) is 0 Å². The van der Waals surface area contributed by atoms with E-state index in [9.17, 15) is 0 Å². The Morgan fingerprint density at radius 2 is 1.92 bits per heavy atom. The summed E-state index contributed by atoms with van der Waals surface area (Å²) in [6.07, 6.45) is 9.19. The molecular weight excluding hydrogens is 165 g/mol. The van der Waals surface area contributed by atoms with E-state index in [4.69, 9.17) is 5.73 Å². The fourth-order valence-corrected chi connectivity index (χ4v) is 1.73. The number of nitrogen functional groups attached to an aromatic ring is 1. The highest BCUT2D eigenvalue weighted by molar-refractivity contribution is 7.47. The Morgan fingerprint density at radius 3 is 2.42 bits per heavy atom. The van der Waals surface area contributed by atoms with Gasteiger partial charge in [-0.25, -0.2) is 0 Å². The van der Waals surface area contributed by atoms with Crippen LogP contribution in [0.3, 0.4) is 0 Å². The van der Waals surface area contributed by atoms with Crippen molar-refractivity contribution >= 4 is 19.6 Å². The fourth-order valence-electron chi connectivity index (χ4n) is 0.848. The summed E-state index contributed by atoms with van der Waals surface area (Å²) < 4.78 is 0. The van der Waals surface area contributed by atoms with E-state index in [1.807, 2.05) is 18.2 Å². The van der Waals surface area contributed by atoms with Crippen LogP contribution in [0.5, 0.6) is 0 Å². The van der Waals surface area contributed by atoms with Gasteiger partial charge in [-0.2, -0.15) is 0 Å². The van der Waals surface area contributed by atoms with Gasteiger partial charge in [-0.1, -0.05) is 33.7 Å². The molecule has 12 heavy (non-hydrogen) atoms. The summed E-state index contributed by atoms with van der Waals surface area (Å²) in [5.41, 5.74) is 6.65. The lowest BCUT2D eigenvalue weighted by Crippen LogP contribution is -2.02. The average molecular weight is 179 g/mol. The molecule has 0 aliphatic heterocycles. The van der Waals surface area contributed by atoms with E-state index in [1.54, 1.807) is 0 Å². The summed E-state index contributed by atoms with van der Waals surface area (Å²) in [7, 11) is 0.861. The van der Waals surface area contributed by atoms with Crippen molar-refractivity contribution < 1.29 is 0 Å². The number of para-hydroxylation sites is 1. The second-order valence-corrected chi connectivity index (χ2v) is 3.72. The largest absolute Gasteiger partial charge is 0.398 e. The Morgan fingerprint density at radius 1 is 1.33 bits per heavy atom. The standard InChI is InChI=1S/C8H12NP.C2H2/c1-2-10-8-6-4-3-5-7(8)9;1-2/h3-6,10H,2,9H2,1H3;1-2H. The maximum atomic E-state index is 5.71. The molecule has 1 unspecified atom stereocenters. The van der Waals surface area contributed by atoms with E-state index in [0.29, 0.717) is 0 Å². The minimum absolute atomic E-state index is 0.861. The molecule has 1 aromatic carbocycles. The molecule has 1 aromatic rings. The molecule has 0 bridgehead atoms. The van der Waals surface area contributed by atoms with E-state index in [0.717, 1.165) is 14.3 Å². The van der Waals surface area contributed by atoms with Crippen LogP contribution in [-0.4, -0.2) is 6.16 Å². The summed E-state index contributed by atoms with van der Waals surface area (Å²) in [5.74, 6) is 0. The molecule has 0 spiro atoms. The van der Waals surface area contributed by atoms with Gasteiger partial charge < -0.3 is 5.73 Å². The third-order valence-electron chi connectivity index (χ3n) is 1.33. The number of rotatable bonds is 2. The summed E-state index contributed by atoms with van der Waals surface area (Å²) in [6.45, 7) is 2.17. The van der Waals surface area contributed by atoms with E-state index in [2.05, 4.69) is 25.8 Å². The molecule has 1 nitrogen and oxygen atoms in total. The minimum Gasteiger partial charge on any atom is -0.398 e. The van der Waals surface area contributed by atoms with Gasteiger partial charge in [-0.3, -0.25) is 0 Å². The zero-order valence-corrected chi connectivity index (χ0v) is 8.25. The molecule has 0 saturated carbocycles. The Bertz CT molecular complexity index is 243. The van der Waals surface area contributed by atoms with Crippen molar-refractivity contribution in [1.29, 1.82) is 0 Å². The lowest BCUT2D eigenvalue weighted by Gasteiger charge is -2.01. The number of benzene rings is 1. The van der Waals surface area contributed by atoms with Crippen LogP contribution in [0.4, 0.5) is 5.69 Å². The van der Waals surface area contributed by atoms with Gasteiger partial charge in [0.25, 0.3) is 0 Å². The maximum Gasteiger partial charge on any atom is 0.0389 e. The zero-order chi connectivity index (χ0) is 9.40. The number of nitrogens with two attached hydrogens (primary N) is 1. The first-order valence-electron chi connectivity index (χ1n) is 3.76. The molecule has 2 heteroatoms. The fraction of sp³-hybridized carbons (Fsp3) is 0.200. The summed E-state index contributed by atoms with van der Waals surface area (Å²) in [6, 6.07) is 8.06. The van der Waals surface area contributed by atoms with Crippen molar-refractivity contribution in [3.63, 3.8) is 0 Å². The molecule has 1 atom stereocenters. The molecule has 0 aliphatic carbocycles. The summed E-state index contributed by atoms with van der Waals surface area (Å²) in [4.78, 5) is 0. The normalized spacial score (nSPS) is 9.25. The Hall–Kier alpha value is -0.990. The third-order valence-corrected chi connectivity index (χ3v) is 2.52. The minimum atomic E-state index is 0.861. The van der Waals surface area contributed by atoms with Crippen molar-refractivity contribution in [3.8, 4) is 12.8 Å². The molecule has 1 rings (SSSR count). The lowest BCUT2D eigenvalue weighted by atomic mass is 10.3. The van der Waals surface area contributed by atoms with E-state index < -0.39 is 0 Å². The number of hydrogen-bond acceptors (Lipinski definition) is 1. The average Bonchev–Trinajstić information content (AvgIpc) is 2.13. The highest BCUT2D eigenvalue weighted by Crippen LogP contribution is 2.13. The molecular formula is C10H14NP. The molecule has 2 N–H and O–H groups in total. The van der Waals surface area contributed by atoms with E-state index >= 15 is 0 Å². The highest BCUT2D eigenvalue weighted by Gasteiger charge is 1.92. The topological polar surface area (TPSA) is 26.0 Å². The first-order valence-corrected chi connectivity index (χ1v) is 4.97. The second-order valence-electron chi connectivity index (χ2n) is 2.12. The highest BCUT2D eigenvalue weighted by atomic mass is 31.1. The van der Waals surface area contributed by atoms with Crippen molar-refractivity contribution in [1.82, 2.24) is 0 Å². The number of anilines is 1. The summed E-state index contributed by atoms with van der Waals surface area (Å²) >= 11 is 0. The van der Waals surface area contributed by atoms with Crippen LogP contribution in [0, 0.1) is 12.8 Å². The molecule has 0 radical (unpaired) electrons. The van der Waals surface area contributed by atoms with Crippen LogP contribution in [0.2, 0.25) is 0 Å². The van der Waals surface area contributed by atoms with Gasteiger partial charge in [0.05, 0.1) is 0 Å². The Labute approximate surface area is 76.2 Å². The number of hydrogen-bond donors (Lipinski definition) is 1. The van der Waals surface area contributed by atoms with E-state index in [1.165, 1.54) is 11.5 Å². The summed E-state index contributed by atoms with van der Waals surface area (Å²) in [5, 5.41) is 1.30. The van der Waals surface area contributed by atoms with Crippen molar-refractivity contribution in [3.05, 3.63) is 24.3 Å². The van der Waals surface area contributed by atoms with Gasteiger partial charge in [0.15, 0.2) is 0 Å². The van der Waals surface area contributed by atoms with E-state index in [-0.39, 0.29) is 0 Å². The van der Waals surface area contributed by atoms with Gasteiger partial charge >= 0.3 is 0 Å². The van der Waals surface area contributed by atoms with Crippen LogP contribution in [-0.2, 0) is 0 Å². The predicted octanol–water partition coefficient (Wildman–Crippen LogP) is 1.84. The zero-order valence-electron chi connectivity index (χ0n) is 7.25. The Kier molecular flexibility index (Phi) is 6.15. The predicted molar refractivity (Wildman–Crippen MR) is 59.2 cm³/mol. The van der Waals surface area contributed by atoms with Crippen LogP contribution in [0.25, 0.3) is 0 Å². The third kappa shape index (κ3) is 3.42. The van der Waals surface area contributed by atoms with Crippen molar-refractivity contribution in [2.24, 2.45) is 0 Å². The smallest absolute Gasteiger partial charge is 0.0389 e. The Balaban J connectivity index is 0.000000561. The SMILES string of the molecule is C#C.CCPc1ccccc1N. The van der Waals surface area contributed by atoms with Crippen LogP contribution >= 0.6 is 8.58 Å². The lowest BCUT2D eigenvalue weighted by molar-refractivity contribution is 1.52. The van der Waals surface area contributed by atoms with Crippen LogP contribution in [0.1, 0.15) is 6.92 Å². The van der Waals surface area contributed by atoms with Crippen LogP contribution in [0.15, 0.2) is 24.3 Å². The molecule has 0 amide bonds. The molecule has 0 fully saturated rings. The molecule has 64 valence electrons. The second kappa shape index (κ2) is 6.70. The van der Waals surface area contributed by atoms with Gasteiger partial charge in [-0.05, 0) is 17.5 Å². The molecule has 0 aromatic heterocycles. The van der Waals surface area contributed by atoms with Crippen LogP contribution < -0.4 is 11.0 Å². The molecule has 0 saturated heterocycles. The first kappa shape index (κ1) is 11.0. The van der Waals surface area contributed by atoms with Gasteiger partial charge in [0, 0.05) is 5.69 Å². The molecule has 0 heterocycles. The first-order chi connectivity index (χ1) is 5.84. The quantitative estimate of drug-likeness (QED) is 0.418. The van der Waals surface area contributed by atoms with Gasteiger partial charge in [-0.15, -0.1) is 12.8 Å². The number of terminal acetylenes is 1. The molecule has 0 aliphatic rings. The maximum absolute atomic E-state index is 5.71. The monoisotopic (exact) mass is 179 g/mol.